The quantitative estimate of drug-likeness (QED) is 0.177. The molecule has 0 aliphatic carbocycles. The first-order valence-electron chi connectivity index (χ1n) is 7.81. The second-order valence-corrected chi connectivity index (χ2v) is 5.45. The molecule has 27 heavy (non-hydrogen) atoms. The molecule has 0 saturated heterocycles. The largest absolute Gasteiger partial charge is 1.00 e. The van der Waals surface area contributed by atoms with E-state index < -0.39 is 10.4 Å². The van der Waals surface area contributed by atoms with Crippen molar-refractivity contribution in [1.82, 2.24) is 0 Å². The summed E-state index contributed by atoms with van der Waals surface area (Å²) < 4.78 is 34.3. The van der Waals surface area contributed by atoms with E-state index in [1.54, 1.807) is 18.2 Å². The van der Waals surface area contributed by atoms with Crippen LogP contribution in [0.15, 0.2) is 122 Å². The van der Waals surface area contributed by atoms with E-state index in [9.17, 15) is 13.0 Å². The molecule has 0 spiro atoms. The third-order valence-corrected chi connectivity index (χ3v) is 2.68. The summed E-state index contributed by atoms with van der Waals surface area (Å²) >= 11 is 0. The van der Waals surface area contributed by atoms with Crippen LogP contribution >= 0.6 is 0 Å². The van der Waals surface area contributed by atoms with Gasteiger partial charge in [0.1, 0.15) is 6.26 Å². The summed E-state index contributed by atoms with van der Waals surface area (Å²) in [6.07, 6.45) is 35.9. The van der Waals surface area contributed by atoms with Gasteiger partial charge < -0.3 is 8.74 Å². The van der Waals surface area contributed by atoms with Crippen LogP contribution in [-0.4, -0.2) is 13.0 Å². The second-order valence-electron chi connectivity index (χ2n) is 4.44. The Bertz CT molecular complexity index is 760. The minimum absolute atomic E-state index is 0. The van der Waals surface area contributed by atoms with Gasteiger partial charge in [0.05, 0.1) is 0 Å². The smallest absolute Gasteiger partial charge is 0.716 e. The van der Waals surface area contributed by atoms with Crippen molar-refractivity contribution >= 4 is 10.4 Å². The van der Waals surface area contributed by atoms with E-state index in [4.69, 9.17) is 0 Å². The molecule has 0 atom stereocenters. The fourth-order valence-corrected chi connectivity index (χ4v) is 1.48. The molecule has 0 aliphatic heterocycles. The molecule has 0 N–H and O–H groups in total. The molecule has 6 heteroatoms. The van der Waals surface area contributed by atoms with Crippen molar-refractivity contribution < 1.29 is 46.7 Å². The third-order valence-electron chi connectivity index (χ3n) is 2.33. The van der Waals surface area contributed by atoms with Gasteiger partial charge in [-0.05, 0) is 13.0 Å². The minimum Gasteiger partial charge on any atom is -0.716 e. The molecule has 0 bridgehead atoms. The van der Waals surface area contributed by atoms with Crippen LogP contribution in [0.1, 0.15) is 6.92 Å². The fraction of sp³-hybridized carbons (Fsp3) is 0.0476. The van der Waals surface area contributed by atoms with Crippen molar-refractivity contribution in [3.63, 3.8) is 0 Å². The fourth-order valence-electron chi connectivity index (χ4n) is 1.28. The molecule has 0 aromatic heterocycles. The zero-order valence-electron chi connectivity index (χ0n) is 15.6. The molecule has 0 fully saturated rings. The van der Waals surface area contributed by atoms with Gasteiger partial charge in [-0.25, -0.2) is 8.42 Å². The van der Waals surface area contributed by atoms with Crippen molar-refractivity contribution in [2.45, 2.75) is 6.92 Å². The van der Waals surface area contributed by atoms with Crippen LogP contribution in [0.3, 0.4) is 0 Å². The van der Waals surface area contributed by atoms with Gasteiger partial charge in [0, 0.05) is 0 Å². The van der Waals surface area contributed by atoms with Gasteiger partial charge in [0.25, 0.3) is 10.4 Å². The Balaban J connectivity index is 0. The summed E-state index contributed by atoms with van der Waals surface area (Å²) in [4.78, 5) is 0. The second kappa shape index (κ2) is 20.4. The maximum absolute atomic E-state index is 10.1. The molecule has 0 unspecified atom stereocenters. The predicted octanol–water partition coefficient (Wildman–Crippen LogP) is 2.01. The Morgan fingerprint density at radius 3 is 1.07 bits per heavy atom. The van der Waals surface area contributed by atoms with Crippen LogP contribution in [0.5, 0.6) is 0 Å². The zero-order valence-corrected chi connectivity index (χ0v) is 18.4. The number of hydrogen-bond acceptors (Lipinski definition) is 4. The van der Waals surface area contributed by atoms with Crippen molar-refractivity contribution in [1.29, 1.82) is 0 Å². The van der Waals surface area contributed by atoms with Crippen LogP contribution in [0.4, 0.5) is 0 Å². The Labute approximate surface area is 185 Å². The first-order chi connectivity index (χ1) is 12.6. The Morgan fingerprint density at radius 1 is 0.556 bits per heavy atom. The summed E-state index contributed by atoms with van der Waals surface area (Å²) in [7, 11) is -4.67. The maximum Gasteiger partial charge on any atom is 1.00 e. The van der Waals surface area contributed by atoms with Crippen LogP contribution in [0, 0.1) is 0 Å². The Kier molecular flexibility index (Phi) is 20.7. The molecule has 138 valence electrons. The Morgan fingerprint density at radius 2 is 0.815 bits per heavy atom. The predicted molar refractivity (Wildman–Crippen MR) is 108 cm³/mol. The molecular weight excluding hydrogens is 371 g/mol. The van der Waals surface area contributed by atoms with E-state index >= 15 is 0 Å². The molecule has 0 saturated carbocycles. The number of hydrogen-bond donors (Lipinski definition) is 0. The van der Waals surface area contributed by atoms with Gasteiger partial charge in [0.15, 0.2) is 0 Å². The van der Waals surface area contributed by atoms with E-state index in [1.165, 1.54) is 12.2 Å². The topological polar surface area (TPSA) is 66.4 Å². The zero-order chi connectivity index (χ0) is 19.3. The molecule has 0 radical (unpaired) electrons. The first-order valence-corrected chi connectivity index (χ1v) is 9.15. The standard InChI is InChI=1S/C21H24O4S.Na/c1-2-3-4-5-6-7-8-9-10-11-12-13-14-15-16-17-18-19-20-21-25-26(22,23)24;/h2-21H,1H3,(H,22,23,24);/q;+1/p-1. The van der Waals surface area contributed by atoms with E-state index in [0.717, 1.165) is 6.26 Å². The van der Waals surface area contributed by atoms with Gasteiger partial charge in [-0.2, -0.15) is 0 Å². The normalized spacial score (nSPS) is 14.3. The van der Waals surface area contributed by atoms with E-state index in [1.807, 2.05) is 92.0 Å². The minimum atomic E-state index is -4.67. The third kappa shape index (κ3) is 26.4. The average Bonchev–Trinajstić information content (AvgIpc) is 2.59. The van der Waals surface area contributed by atoms with E-state index in [2.05, 4.69) is 4.18 Å². The molecule has 0 aliphatic rings. The molecule has 0 aromatic rings. The summed E-state index contributed by atoms with van der Waals surface area (Å²) in [5.74, 6) is 0. The van der Waals surface area contributed by atoms with E-state index in [-0.39, 0.29) is 29.6 Å². The SMILES string of the molecule is CC=CC=CC=CC=CC=CC=CC=CC=CC=CC=COS(=O)(=O)[O-].[Na+]. The molecule has 4 nitrogen and oxygen atoms in total. The summed E-state index contributed by atoms with van der Waals surface area (Å²) in [6.45, 7) is 1.97. The van der Waals surface area contributed by atoms with Crippen molar-refractivity contribution in [2.24, 2.45) is 0 Å². The monoisotopic (exact) mass is 394 g/mol. The first kappa shape index (κ1) is 27.3. The van der Waals surface area contributed by atoms with Crippen molar-refractivity contribution in [2.75, 3.05) is 0 Å². The molecule has 0 heterocycles. The molecule has 0 amide bonds. The molecule has 0 rings (SSSR count). The summed E-state index contributed by atoms with van der Waals surface area (Å²) in [5, 5.41) is 0. The van der Waals surface area contributed by atoms with Gasteiger partial charge >= 0.3 is 29.6 Å². The van der Waals surface area contributed by atoms with E-state index in [0.29, 0.717) is 0 Å². The number of rotatable bonds is 11. The van der Waals surface area contributed by atoms with Gasteiger partial charge in [-0.15, -0.1) is 0 Å². The van der Waals surface area contributed by atoms with Gasteiger partial charge in [-0.1, -0.05) is 109 Å². The van der Waals surface area contributed by atoms with Crippen LogP contribution < -0.4 is 29.6 Å². The average molecular weight is 394 g/mol. The molecular formula is C21H23NaO4S. The van der Waals surface area contributed by atoms with Crippen LogP contribution in [-0.2, 0) is 14.6 Å². The number of allylic oxidation sites excluding steroid dienone is 19. The van der Waals surface area contributed by atoms with Crippen molar-refractivity contribution in [3.05, 3.63) is 122 Å². The van der Waals surface area contributed by atoms with Gasteiger partial charge in [-0.3, -0.25) is 0 Å². The van der Waals surface area contributed by atoms with Crippen LogP contribution in [0.2, 0.25) is 0 Å². The maximum atomic E-state index is 10.1. The molecule has 0 aromatic carbocycles. The summed E-state index contributed by atoms with van der Waals surface area (Å²) in [5.41, 5.74) is 0. The Hall–Kier alpha value is -1.89. The van der Waals surface area contributed by atoms with Crippen LogP contribution in [0.25, 0.3) is 0 Å². The van der Waals surface area contributed by atoms with Gasteiger partial charge in [0.2, 0.25) is 0 Å². The van der Waals surface area contributed by atoms with Crippen molar-refractivity contribution in [3.8, 4) is 0 Å². The summed E-state index contributed by atoms with van der Waals surface area (Å²) in [6, 6.07) is 0.